The number of halogens is 2. The van der Waals surface area contributed by atoms with Crippen molar-refractivity contribution in [1.29, 1.82) is 0 Å². The Kier molecular flexibility index (Phi) is 8.64. The van der Waals surface area contributed by atoms with Gasteiger partial charge < -0.3 is 20.1 Å². The predicted molar refractivity (Wildman–Crippen MR) is 114 cm³/mol. The van der Waals surface area contributed by atoms with Crippen molar-refractivity contribution in [3.63, 3.8) is 0 Å². The van der Waals surface area contributed by atoms with Gasteiger partial charge in [-0.25, -0.2) is 0 Å². The van der Waals surface area contributed by atoms with Crippen molar-refractivity contribution >= 4 is 29.9 Å². The van der Waals surface area contributed by atoms with Crippen molar-refractivity contribution in [2.24, 2.45) is 0 Å². The summed E-state index contributed by atoms with van der Waals surface area (Å²) in [6.07, 6.45) is 3.08. The molecule has 3 rings (SSSR count). The molecule has 1 aliphatic rings. The van der Waals surface area contributed by atoms with Crippen LogP contribution in [0.25, 0.3) is 0 Å². The minimum Gasteiger partial charge on any atom is -0.493 e. The quantitative estimate of drug-likeness (QED) is 0.661. The Bertz CT molecular complexity index is 823. The second-order valence-corrected chi connectivity index (χ2v) is 6.72. The Morgan fingerprint density at radius 1 is 1.18 bits per heavy atom. The number of nitrogens with one attached hydrogen (secondary N) is 2. The van der Waals surface area contributed by atoms with E-state index in [2.05, 4.69) is 16.7 Å². The first kappa shape index (κ1) is 22.1. The first-order chi connectivity index (χ1) is 13.2. The first-order valence-electron chi connectivity index (χ1n) is 8.88. The lowest BCUT2D eigenvalue weighted by Gasteiger charge is -2.15. The number of benzene rings is 2. The molecule has 2 N–H and O–H groups in total. The third-order valence-electron chi connectivity index (χ3n) is 4.37. The average molecular weight is 423 g/mol. The molecule has 7 heteroatoms. The molecule has 0 unspecified atom stereocenters. The smallest absolute Gasteiger partial charge is 0.251 e. The molecule has 2 aromatic carbocycles. The lowest BCUT2D eigenvalue weighted by atomic mass is 10.1. The third-order valence-corrected chi connectivity index (χ3v) is 4.62. The number of ether oxygens (including phenoxy) is 2. The summed E-state index contributed by atoms with van der Waals surface area (Å²) in [5, 5.41) is 6.90. The fourth-order valence-corrected chi connectivity index (χ4v) is 2.92. The molecule has 0 bridgehead atoms. The highest BCUT2D eigenvalue weighted by atomic mass is 35.5. The molecule has 0 radical (unpaired) electrons. The molecule has 0 atom stereocenters. The van der Waals surface area contributed by atoms with Crippen LogP contribution in [0.15, 0.2) is 54.1 Å². The van der Waals surface area contributed by atoms with Crippen LogP contribution in [0.2, 0.25) is 5.02 Å². The van der Waals surface area contributed by atoms with Crippen molar-refractivity contribution in [2.45, 2.75) is 13.0 Å². The van der Waals surface area contributed by atoms with Crippen molar-refractivity contribution in [3.05, 3.63) is 70.3 Å². The number of carbonyl (C=O) groups is 1. The Morgan fingerprint density at radius 2 is 1.96 bits per heavy atom. The molecule has 150 valence electrons. The molecule has 0 saturated heterocycles. The molecular formula is C21H24Cl2N2O3. The van der Waals surface area contributed by atoms with E-state index in [1.807, 2.05) is 24.3 Å². The van der Waals surface area contributed by atoms with Crippen LogP contribution in [0.5, 0.6) is 11.5 Å². The fraction of sp³-hybridized carbons (Fsp3) is 0.286. The standard InChI is InChI=1S/C21H23ClN2O3.ClH/c1-26-20-12-17(21(25)24-13-15-8-10-23-11-9-15)4-7-19(20)27-14-16-2-5-18(22)6-3-16;/h2-8,12,23H,9-11,13-14H2,1H3,(H,24,25);1H. The van der Waals surface area contributed by atoms with Gasteiger partial charge >= 0.3 is 0 Å². The minimum absolute atomic E-state index is 0. The van der Waals surface area contributed by atoms with Gasteiger partial charge in [0.2, 0.25) is 0 Å². The van der Waals surface area contributed by atoms with E-state index in [1.165, 1.54) is 5.57 Å². The van der Waals surface area contributed by atoms with Crippen LogP contribution in [0.4, 0.5) is 0 Å². The molecule has 0 spiro atoms. The second-order valence-electron chi connectivity index (χ2n) is 6.28. The van der Waals surface area contributed by atoms with Crippen molar-refractivity contribution in [3.8, 4) is 11.5 Å². The summed E-state index contributed by atoms with van der Waals surface area (Å²) in [6, 6.07) is 12.7. The van der Waals surface area contributed by atoms with E-state index in [4.69, 9.17) is 21.1 Å². The highest BCUT2D eigenvalue weighted by Crippen LogP contribution is 2.29. The maximum Gasteiger partial charge on any atom is 0.251 e. The van der Waals surface area contributed by atoms with Gasteiger partial charge in [0.25, 0.3) is 5.91 Å². The fourth-order valence-electron chi connectivity index (χ4n) is 2.80. The Balaban J connectivity index is 0.00000280. The Morgan fingerprint density at radius 3 is 2.64 bits per heavy atom. The summed E-state index contributed by atoms with van der Waals surface area (Å²) >= 11 is 5.89. The van der Waals surface area contributed by atoms with Gasteiger partial charge in [0.15, 0.2) is 11.5 Å². The van der Waals surface area contributed by atoms with Crippen LogP contribution in [0.1, 0.15) is 22.3 Å². The number of rotatable bonds is 7. The van der Waals surface area contributed by atoms with E-state index in [-0.39, 0.29) is 18.3 Å². The summed E-state index contributed by atoms with van der Waals surface area (Å²) in [5.74, 6) is 0.986. The summed E-state index contributed by atoms with van der Waals surface area (Å²) in [5.41, 5.74) is 2.79. The Labute approximate surface area is 176 Å². The zero-order valence-corrected chi connectivity index (χ0v) is 17.2. The number of methoxy groups -OCH3 is 1. The third kappa shape index (κ3) is 6.16. The molecule has 2 aromatic rings. The SMILES string of the molecule is COc1cc(C(=O)NCC2=CCNCC2)ccc1OCc1ccc(Cl)cc1.Cl. The van der Waals surface area contributed by atoms with Gasteiger partial charge in [-0.05, 0) is 48.9 Å². The highest BCUT2D eigenvalue weighted by molar-refractivity contribution is 6.30. The van der Waals surface area contributed by atoms with Gasteiger partial charge in [-0.15, -0.1) is 12.4 Å². The van der Waals surface area contributed by atoms with E-state index in [1.54, 1.807) is 25.3 Å². The molecule has 0 fully saturated rings. The van der Waals surface area contributed by atoms with Crippen molar-refractivity contribution in [2.75, 3.05) is 26.7 Å². The van der Waals surface area contributed by atoms with E-state index in [0.29, 0.717) is 35.2 Å². The molecule has 1 heterocycles. The van der Waals surface area contributed by atoms with Crippen molar-refractivity contribution < 1.29 is 14.3 Å². The topological polar surface area (TPSA) is 59.6 Å². The van der Waals surface area contributed by atoms with Crippen LogP contribution in [-0.4, -0.2) is 32.7 Å². The molecule has 0 aliphatic carbocycles. The van der Waals surface area contributed by atoms with E-state index in [9.17, 15) is 4.79 Å². The van der Waals surface area contributed by atoms with Gasteiger partial charge in [0.05, 0.1) is 7.11 Å². The zero-order valence-electron chi connectivity index (χ0n) is 15.7. The largest absolute Gasteiger partial charge is 0.493 e. The number of hydrogen-bond acceptors (Lipinski definition) is 4. The van der Waals surface area contributed by atoms with E-state index < -0.39 is 0 Å². The van der Waals surface area contributed by atoms with Crippen molar-refractivity contribution in [1.82, 2.24) is 10.6 Å². The summed E-state index contributed by atoms with van der Waals surface area (Å²) in [7, 11) is 1.56. The predicted octanol–water partition coefficient (Wildman–Crippen LogP) is 4.00. The summed E-state index contributed by atoms with van der Waals surface area (Å²) in [6.45, 7) is 2.77. The number of carbonyl (C=O) groups excluding carboxylic acids is 1. The van der Waals surface area contributed by atoms with Gasteiger partial charge in [-0.1, -0.05) is 35.4 Å². The monoisotopic (exact) mass is 422 g/mol. The molecule has 1 aliphatic heterocycles. The van der Waals surface area contributed by atoms with Crippen LogP contribution in [0.3, 0.4) is 0 Å². The molecule has 0 saturated carbocycles. The summed E-state index contributed by atoms with van der Waals surface area (Å²) in [4.78, 5) is 12.4. The number of hydrogen-bond donors (Lipinski definition) is 2. The van der Waals surface area contributed by atoms with Gasteiger partial charge in [-0.2, -0.15) is 0 Å². The van der Waals surface area contributed by atoms with Gasteiger partial charge in [0.1, 0.15) is 6.61 Å². The van der Waals surface area contributed by atoms with E-state index in [0.717, 1.165) is 25.1 Å². The zero-order chi connectivity index (χ0) is 19.1. The summed E-state index contributed by atoms with van der Waals surface area (Å²) < 4.78 is 11.2. The normalized spacial score (nSPS) is 13.1. The lowest BCUT2D eigenvalue weighted by molar-refractivity contribution is 0.0956. The maximum atomic E-state index is 12.4. The average Bonchev–Trinajstić information content (AvgIpc) is 2.72. The molecule has 5 nitrogen and oxygen atoms in total. The minimum atomic E-state index is -0.128. The van der Waals surface area contributed by atoms with Gasteiger partial charge in [-0.3, -0.25) is 4.79 Å². The van der Waals surface area contributed by atoms with Crippen LogP contribution in [0, 0.1) is 0 Å². The first-order valence-corrected chi connectivity index (χ1v) is 9.25. The molecular weight excluding hydrogens is 399 g/mol. The molecule has 1 amide bonds. The molecule has 28 heavy (non-hydrogen) atoms. The highest BCUT2D eigenvalue weighted by Gasteiger charge is 2.12. The van der Waals surface area contributed by atoms with E-state index >= 15 is 0 Å². The molecule has 0 aromatic heterocycles. The second kappa shape index (κ2) is 11.0. The number of amides is 1. The Hall–Kier alpha value is -2.21. The lowest BCUT2D eigenvalue weighted by Crippen LogP contribution is -2.29. The van der Waals surface area contributed by atoms with Crippen LogP contribution < -0.4 is 20.1 Å². The van der Waals surface area contributed by atoms with Crippen LogP contribution in [-0.2, 0) is 6.61 Å². The maximum absolute atomic E-state index is 12.4. The van der Waals surface area contributed by atoms with Crippen LogP contribution >= 0.6 is 24.0 Å². The van der Waals surface area contributed by atoms with Gasteiger partial charge in [0, 0.05) is 23.7 Å².